The Bertz CT molecular complexity index is 619. The number of carbonyl (C=O) groups excluding carboxylic acids is 3. The van der Waals surface area contributed by atoms with E-state index in [9.17, 15) is 14.4 Å². The van der Waals surface area contributed by atoms with Crippen LogP contribution in [0.1, 0.15) is 49.5 Å². The van der Waals surface area contributed by atoms with Gasteiger partial charge < -0.3 is 9.88 Å². The summed E-state index contributed by atoms with van der Waals surface area (Å²) in [6.07, 6.45) is 6.94. The molecule has 1 atom stereocenters. The lowest BCUT2D eigenvalue weighted by Crippen LogP contribution is -2.52. The van der Waals surface area contributed by atoms with E-state index >= 15 is 0 Å². The van der Waals surface area contributed by atoms with E-state index in [1.807, 2.05) is 6.92 Å². The van der Waals surface area contributed by atoms with Crippen molar-refractivity contribution in [3.05, 3.63) is 24.0 Å². The van der Waals surface area contributed by atoms with Crippen LogP contribution in [0.25, 0.3) is 0 Å². The molecule has 1 unspecified atom stereocenters. The summed E-state index contributed by atoms with van der Waals surface area (Å²) >= 11 is 0. The van der Waals surface area contributed by atoms with Crippen LogP contribution in [-0.4, -0.2) is 51.6 Å². The van der Waals surface area contributed by atoms with Crippen LogP contribution in [0.15, 0.2) is 18.3 Å². The van der Waals surface area contributed by atoms with Crippen LogP contribution in [0.4, 0.5) is 4.79 Å². The first-order valence-corrected chi connectivity index (χ1v) is 8.22. The largest absolute Gasteiger partial charge is 0.359 e. The van der Waals surface area contributed by atoms with Gasteiger partial charge in [0.05, 0.1) is 12.2 Å². The van der Waals surface area contributed by atoms with E-state index in [2.05, 4.69) is 4.98 Å². The molecule has 2 aliphatic rings. The summed E-state index contributed by atoms with van der Waals surface area (Å²) < 4.78 is 0. The van der Waals surface area contributed by atoms with E-state index in [0.29, 0.717) is 5.69 Å². The zero-order valence-corrected chi connectivity index (χ0v) is 13.7. The first kappa shape index (κ1) is 15.8. The lowest BCUT2D eigenvalue weighted by atomic mass is 9.75. The molecule has 2 fully saturated rings. The molecule has 1 N–H and O–H groups in total. The molecule has 6 nitrogen and oxygen atoms in total. The standard InChI is InChI=1S/C17H23N3O3/c1-17(12-7-4-3-5-8-12)15(22)20(16(23)19(17)2)11-14(21)13-9-6-10-18-13/h6,9-10,12,18H,3-5,7-8,11H2,1-2H3. The number of aromatic amines is 1. The van der Waals surface area contributed by atoms with Crippen molar-refractivity contribution < 1.29 is 14.4 Å². The number of hydrogen-bond acceptors (Lipinski definition) is 3. The van der Waals surface area contributed by atoms with Gasteiger partial charge in [-0.15, -0.1) is 0 Å². The molecule has 1 saturated heterocycles. The fourth-order valence-corrected chi connectivity index (χ4v) is 3.87. The Balaban J connectivity index is 1.81. The second-order valence-electron chi connectivity index (χ2n) is 6.72. The summed E-state index contributed by atoms with van der Waals surface area (Å²) in [5.74, 6) is -0.321. The number of hydrogen-bond donors (Lipinski definition) is 1. The first-order chi connectivity index (χ1) is 11.0. The van der Waals surface area contributed by atoms with Gasteiger partial charge in [-0.1, -0.05) is 19.3 Å². The highest BCUT2D eigenvalue weighted by atomic mass is 16.2. The Hall–Kier alpha value is -2.11. The third-order valence-electron chi connectivity index (χ3n) is 5.49. The number of Topliss-reactive ketones (excluding diaryl/α,β-unsaturated/α-hetero) is 1. The Kier molecular flexibility index (Phi) is 4.00. The van der Waals surface area contributed by atoms with Crippen molar-refractivity contribution in [3.63, 3.8) is 0 Å². The number of nitrogens with one attached hydrogen (secondary N) is 1. The highest BCUT2D eigenvalue weighted by Gasteiger charge is 2.56. The fourth-order valence-electron chi connectivity index (χ4n) is 3.87. The molecule has 3 amide bonds. The van der Waals surface area contributed by atoms with E-state index in [1.165, 1.54) is 11.3 Å². The van der Waals surface area contributed by atoms with Crippen molar-refractivity contribution in [1.82, 2.24) is 14.8 Å². The number of imide groups is 1. The molecule has 0 spiro atoms. The van der Waals surface area contributed by atoms with E-state index < -0.39 is 5.54 Å². The average Bonchev–Trinajstić information content (AvgIpc) is 3.16. The van der Waals surface area contributed by atoms with Crippen molar-refractivity contribution in [2.75, 3.05) is 13.6 Å². The molecule has 124 valence electrons. The molecular formula is C17H23N3O3. The van der Waals surface area contributed by atoms with Crippen LogP contribution in [0.5, 0.6) is 0 Å². The zero-order chi connectivity index (χ0) is 16.6. The maximum absolute atomic E-state index is 13.0. The molecule has 1 aromatic heterocycles. The smallest absolute Gasteiger partial charge is 0.327 e. The van der Waals surface area contributed by atoms with Crippen LogP contribution in [0.2, 0.25) is 0 Å². The predicted molar refractivity (Wildman–Crippen MR) is 85.0 cm³/mol. The van der Waals surface area contributed by atoms with Gasteiger partial charge in [0.2, 0.25) is 0 Å². The summed E-state index contributed by atoms with van der Waals surface area (Å²) in [5, 5.41) is 0. The van der Waals surface area contributed by atoms with Gasteiger partial charge in [-0.05, 0) is 37.8 Å². The second kappa shape index (κ2) is 5.83. The van der Waals surface area contributed by atoms with Gasteiger partial charge in [0, 0.05) is 13.2 Å². The second-order valence-corrected chi connectivity index (χ2v) is 6.72. The zero-order valence-electron chi connectivity index (χ0n) is 13.7. The molecule has 1 aromatic rings. The normalized spacial score (nSPS) is 26.2. The highest BCUT2D eigenvalue weighted by Crippen LogP contribution is 2.40. The number of amides is 3. The summed E-state index contributed by atoms with van der Waals surface area (Å²) in [6.45, 7) is 1.65. The fraction of sp³-hybridized carbons (Fsp3) is 0.588. The maximum atomic E-state index is 13.0. The Morgan fingerprint density at radius 3 is 2.61 bits per heavy atom. The molecule has 1 saturated carbocycles. The van der Waals surface area contributed by atoms with Crippen molar-refractivity contribution in [2.24, 2.45) is 5.92 Å². The number of likely N-dealkylation sites (N-methyl/N-ethyl adjacent to an activating group) is 1. The van der Waals surface area contributed by atoms with E-state index in [1.54, 1.807) is 25.4 Å². The topological polar surface area (TPSA) is 73.5 Å². The van der Waals surface area contributed by atoms with Crippen molar-refractivity contribution >= 4 is 17.7 Å². The SMILES string of the molecule is CN1C(=O)N(CC(=O)c2ccc[nH]2)C(=O)C1(C)C1CCCCC1. The maximum Gasteiger partial charge on any atom is 0.327 e. The van der Waals surface area contributed by atoms with Gasteiger partial charge in [0.15, 0.2) is 5.78 Å². The first-order valence-electron chi connectivity index (χ1n) is 8.22. The van der Waals surface area contributed by atoms with Gasteiger partial charge in [-0.25, -0.2) is 4.79 Å². The molecule has 2 heterocycles. The molecular weight excluding hydrogens is 294 g/mol. The number of aromatic nitrogens is 1. The third-order valence-corrected chi connectivity index (χ3v) is 5.49. The third kappa shape index (κ3) is 2.46. The minimum Gasteiger partial charge on any atom is -0.359 e. The molecule has 0 radical (unpaired) electrons. The quantitative estimate of drug-likeness (QED) is 0.684. The van der Waals surface area contributed by atoms with Crippen molar-refractivity contribution in [3.8, 4) is 0 Å². The van der Waals surface area contributed by atoms with E-state index in [4.69, 9.17) is 0 Å². The summed E-state index contributed by atoms with van der Waals surface area (Å²) in [6, 6.07) is 3.00. The molecule has 6 heteroatoms. The average molecular weight is 317 g/mol. The van der Waals surface area contributed by atoms with Crippen LogP contribution in [0.3, 0.4) is 0 Å². The predicted octanol–water partition coefficient (Wildman–Crippen LogP) is 2.43. The van der Waals surface area contributed by atoms with E-state index in [-0.39, 0.29) is 30.2 Å². The molecule has 0 aromatic carbocycles. The molecule has 23 heavy (non-hydrogen) atoms. The van der Waals surface area contributed by atoms with Crippen LogP contribution in [0, 0.1) is 5.92 Å². The number of urea groups is 1. The number of ketones is 1. The van der Waals surface area contributed by atoms with Gasteiger partial charge in [-0.3, -0.25) is 14.5 Å². The minimum absolute atomic E-state index is 0.170. The Morgan fingerprint density at radius 2 is 2.00 bits per heavy atom. The van der Waals surface area contributed by atoms with Crippen molar-refractivity contribution in [1.29, 1.82) is 0 Å². The monoisotopic (exact) mass is 317 g/mol. The van der Waals surface area contributed by atoms with Crippen molar-refractivity contribution in [2.45, 2.75) is 44.6 Å². The minimum atomic E-state index is -0.826. The number of rotatable bonds is 4. The van der Waals surface area contributed by atoms with Crippen LogP contribution < -0.4 is 0 Å². The van der Waals surface area contributed by atoms with Gasteiger partial charge in [0.1, 0.15) is 5.54 Å². The number of carbonyl (C=O) groups is 3. The van der Waals surface area contributed by atoms with Crippen LogP contribution in [-0.2, 0) is 4.79 Å². The summed E-state index contributed by atoms with van der Waals surface area (Å²) in [5.41, 5.74) is -0.410. The Labute approximate surface area is 135 Å². The molecule has 3 rings (SSSR count). The summed E-state index contributed by atoms with van der Waals surface area (Å²) in [4.78, 5) is 43.2. The molecule has 0 bridgehead atoms. The van der Waals surface area contributed by atoms with E-state index in [0.717, 1.165) is 30.6 Å². The lowest BCUT2D eigenvalue weighted by Gasteiger charge is -2.38. The van der Waals surface area contributed by atoms with Crippen LogP contribution >= 0.6 is 0 Å². The number of nitrogens with zero attached hydrogens (tertiary/aromatic N) is 2. The van der Waals surface area contributed by atoms with Gasteiger partial charge in [-0.2, -0.15) is 0 Å². The number of H-pyrrole nitrogens is 1. The van der Waals surface area contributed by atoms with Gasteiger partial charge >= 0.3 is 6.03 Å². The lowest BCUT2D eigenvalue weighted by molar-refractivity contribution is -0.135. The summed E-state index contributed by atoms with van der Waals surface area (Å²) in [7, 11) is 1.67. The van der Waals surface area contributed by atoms with Gasteiger partial charge in [0.25, 0.3) is 5.91 Å². The molecule has 1 aliphatic carbocycles. The highest BCUT2D eigenvalue weighted by molar-refractivity contribution is 6.10. The Morgan fingerprint density at radius 1 is 1.30 bits per heavy atom. The molecule has 1 aliphatic heterocycles.